The first kappa shape index (κ1) is 4.83. The number of nitrogens with two attached hydrogens (primary N) is 1. The molecular weight excluding hydrogens is 106 g/mol. The van der Waals surface area contributed by atoms with E-state index in [1.807, 2.05) is 0 Å². The molecule has 0 saturated carbocycles. The van der Waals surface area contributed by atoms with E-state index in [1.54, 1.807) is 0 Å². The summed E-state index contributed by atoms with van der Waals surface area (Å²) in [4.78, 5) is 13.8. The number of hydrogen-bond donors (Lipinski definition) is 1. The number of primary amides is 1. The Morgan fingerprint density at radius 3 is 2.75 bits per heavy atom. The van der Waals surface area contributed by atoms with Crippen molar-refractivity contribution in [2.24, 2.45) is 5.73 Å². The number of imidazole rings is 1. The lowest BCUT2D eigenvalue weighted by Gasteiger charge is -1.87. The number of rotatable bonds is 0. The molecule has 0 spiro atoms. The summed E-state index contributed by atoms with van der Waals surface area (Å²) in [5.74, 6) is 0. The van der Waals surface area contributed by atoms with Crippen LogP contribution in [-0.4, -0.2) is 15.6 Å². The van der Waals surface area contributed by atoms with Crippen molar-refractivity contribution >= 4 is 6.03 Å². The number of carbonyl (C=O) groups excluding carboxylic acids is 1. The minimum atomic E-state index is -0.512. The highest BCUT2D eigenvalue weighted by molar-refractivity contribution is 5.74. The molecule has 0 atom stereocenters. The first-order valence-corrected chi connectivity index (χ1v) is 2.08. The van der Waals surface area contributed by atoms with Gasteiger partial charge in [0, 0.05) is 12.4 Å². The Morgan fingerprint density at radius 2 is 2.50 bits per heavy atom. The van der Waals surface area contributed by atoms with Gasteiger partial charge in [0.25, 0.3) is 0 Å². The fourth-order valence-electron chi connectivity index (χ4n) is 0.389. The normalized spacial score (nSPS) is 9.00. The predicted molar refractivity (Wildman–Crippen MR) is 27.2 cm³/mol. The SMILES string of the molecule is NC(=O)n1ccnc1. The molecule has 2 N–H and O–H groups in total. The van der Waals surface area contributed by atoms with E-state index in [-0.39, 0.29) is 0 Å². The van der Waals surface area contributed by atoms with Gasteiger partial charge in [-0.25, -0.2) is 9.78 Å². The Labute approximate surface area is 45.9 Å². The van der Waals surface area contributed by atoms with Crippen molar-refractivity contribution < 1.29 is 4.79 Å². The van der Waals surface area contributed by atoms with Gasteiger partial charge in [0.05, 0.1) is 0 Å². The fourth-order valence-corrected chi connectivity index (χ4v) is 0.389. The molecule has 0 aromatic carbocycles. The maximum Gasteiger partial charge on any atom is 0.324 e. The van der Waals surface area contributed by atoms with Crippen LogP contribution >= 0.6 is 0 Å². The van der Waals surface area contributed by atoms with Gasteiger partial charge in [-0.1, -0.05) is 0 Å². The van der Waals surface area contributed by atoms with E-state index < -0.39 is 6.03 Å². The van der Waals surface area contributed by atoms with Gasteiger partial charge in [-0.05, 0) is 0 Å². The Morgan fingerprint density at radius 1 is 1.75 bits per heavy atom. The molecule has 0 unspecified atom stereocenters. The van der Waals surface area contributed by atoms with Crippen molar-refractivity contribution in [3.63, 3.8) is 0 Å². The van der Waals surface area contributed by atoms with Crippen LogP contribution in [0.25, 0.3) is 0 Å². The van der Waals surface area contributed by atoms with E-state index in [2.05, 4.69) is 4.98 Å². The lowest BCUT2D eigenvalue weighted by molar-refractivity contribution is 0.250. The lowest BCUT2D eigenvalue weighted by atomic mass is 10.9. The molecular formula is C4H5N3O. The molecule has 0 saturated heterocycles. The topological polar surface area (TPSA) is 60.9 Å². The third kappa shape index (κ3) is 0.676. The van der Waals surface area contributed by atoms with Gasteiger partial charge in [0.15, 0.2) is 0 Å². The zero-order valence-corrected chi connectivity index (χ0v) is 4.11. The third-order valence-electron chi connectivity index (χ3n) is 0.759. The predicted octanol–water partition coefficient (Wildman–Crippen LogP) is -0.190. The molecule has 0 radical (unpaired) electrons. The van der Waals surface area contributed by atoms with Gasteiger partial charge < -0.3 is 5.73 Å². The van der Waals surface area contributed by atoms with Crippen LogP contribution in [0.5, 0.6) is 0 Å². The van der Waals surface area contributed by atoms with Gasteiger partial charge in [-0.15, -0.1) is 0 Å². The first-order valence-electron chi connectivity index (χ1n) is 2.08. The molecule has 0 aliphatic carbocycles. The van der Waals surface area contributed by atoms with Gasteiger partial charge in [0.2, 0.25) is 0 Å². The molecule has 1 aromatic heterocycles. The summed E-state index contributed by atoms with van der Waals surface area (Å²) in [6.45, 7) is 0. The largest absolute Gasteiger partial charge is 0.351 e. The fraction of sp³-hybridized carbons (Fsp3) is 0. The second-order valence-corrected chi connectivity index (χ2v) is 1.31. The van der Waals surface area contributed by atoms with Crippen LogP contribution in [-0.2, 0) is 0 Å². The molecule has 1 rings (SSSR count). The summed E-state index contributed by atoms with van der Waals surface area (Å²) >= 11 is 0. The van der Waals surface area contributed by atoms with Crippen LogP contribution < -0.4 is 5.73 Å². The highest BCUT2D eigenvalue weighted by Gasteiger charge is 1.91. The highest BCUT2D eigenvalue weighted by Crippen LogP contribution is 1.79. The standard InChI is InChI=1S/C4H5N3O/c5-4(8)7-2-1-6-3-7/h1-3H,(H2,5,8). The van der Waals surface area contributed by atoms with Gasteiger partial charge >= 0.3 is 6.03 Å². The van der Waals surface area contributed by atoms with Gasteiger partial charge in [0.1, 0.15) is 6.33 Å². The summed E-state index contributed by atoms with van der Waals surface area (Å²) < 4.78 is 1.19. The van der Waals surface area contributed by atoms with E-state index in [4.69, 9.17) is 5.73 Å². The van der Waals surface area contributed by atoms with Crippen LogP contribution in [0.3, 0.4) is 0 Å². The van der Waals surface area contributed by atoms with Crippen LogP contribution in [0, 0.1) is 0 Å². The molecule has 4 heteroatoms. The Hall–Kier alpha value is -1.32. The minimum absolute atomic E-state index is 0.512. The maximum atomic E-state index is 10.2. The smallest absolute Gasteiger partial charge is 0.324 e. The van der Waals surface area contributed by atoms with Crippen LogP contribution in [0.4, 0.5) is 4.79 Å². The maximum absolute atomic E-state index is 10.2. The number of aromatic nitrogens is 2. The number of carbonyl (C=O) groups is 1. The van der Waals surface area contributed by atoms with Crippen molar-refractivity contribution in [2.75, 3.05) is 0 Å². The molecule has 1 heterocycles. The Bertz CT molecular complexity index is 179. The summed E-state index contributed by atoms with van der Waals surface area (Å²) in [5.41, 5.74) is 4.84. The summed E-state index contributed by atoms with van der Waals surface area (Å²) in [5, 5.41) is 0. The highest BCUT2D eigenvalue weighted by atomic mass is 16.2. The molecule has 1 aromatic rings. The van der Waals surface area contributed by atoms with Crippen molar-refractivity contribution in [2.45, 2.75) is 0 Å². The monoisotopic (exact) mass is 111 g/mol. The van der Waals surface area contributed by atoms with Crippen molar-refractivity contribution in [1.29, 1.82) is 0 Å². The number of nitrogens with zero attached hydrogens (tertiary/aromatic N) is 2. The average molecular weight is 111 g/mol. The molecule has 0 bridgehead atoms. The molecule has 1 amide bonds. The van der Waals surface area contributed by atoms with E-state index in [0.717, 1.165) is 0 Å². The Kier molecular flexibility index (Phi) is 0.997. The molecule has 4 nitrogen and oxygen atoms in total. The lowest BCUT2D eigenvalue weighted by Crippen LogP contribution is -2.17. The third-order valence-corrected chi connectivity index (χ3v) is 0.759. The van der Waals surface area contributed by atoms with Gasteiger partial charge in [-0.2, -0.15) is 0 Å². The minimum Gasteiger partial charge on any atom is -0.351 e. The van der Waals surface area contributed by atoms with E-state index in [9.17, 15) is 4.79 Å². The number of amides is 1. The van der Waals surface area contributed by atoms with E-state index in [0.29, 0.717) is 0 Å². The summed E-state index contributed by atoms with van der Waals surface area (Å²) in [7, 11) is 0. The van der Waals surface area contributed by atoms with Crippen molar-refractivity contribution in [3.8, 4) is 0 Å². The molecule has 0 aliphatic rings. The zero-order chi connectivity index (χ0) is 5.98. The second kappa shape index (κ2) is 1.65. The summed E-state index contributed by atoms with van der Waals surface area (Å²) in [6.07, 6.45) is 4.33. The van der Waals surface area contributed by atoms with E-state index >= 15 is 0 Å². The molecule has 0 aliphatic heterocycles. The van der Waals surface area contributed by atoms with Crippen LogP contribution in [0.1, 0.15) is 0 Å². The number of hydrogen-bond acceptors (Lipinski definition) is 2. The zero-order valence-electron chi connectivity index (χ0n) is 4.11. The van der Waals surface area contributed by atoms with Crippen LogP contribution in [0.2, 0.25) is 0 Å². The van der Waals surface area contributed by atoms with Crippen molar-refractivity contribution in [1.82, 2.24) is 9.55 Å². The molecule has 0 fully saturated rings. The van der Waals surface area contributed by atoms with Crippen LogP contribution in [0.15, 0.2) is 18.7 Å². The summed E-state index contributed by atoms with van der Waals surface area (Å²) in [6, 6.07) is -0.512. The average Bonchev–Trinajstić information content (AvgIpc) is 2.12. The Balaban J connectivity index is 2.93. The second-order valence-electron chi connectivity index (χ2n) is 1.31. The van der Waals surface area contributed by atoms with E-state index in [1.165, 1.54) is 23.3 Å². The van der Waals surface area contributed by atoms with Crippen molar-refractivity contribution in [3.05, 3.63) is 18.7 Å². The molecule has 42 valence electrons. The van der Waals surface area contributed by atoms with Gasteiger partial charge in [-0.3, -0.25) is 4.57 Å². The molecule has 8 heavy (non-hydrogen) atoms. The first-order chi connectivity index (χ1) is 3.80. The quantitative estimate of drug-likeness (QED) is 0.504.